The van der Waals surface area contributed by atoms with E-state index in [1.165, 1.54) is 5.56 Å². The van der Waals surface area contributed by atoms with Crippen molar-refractivity contribution >= 4 is 5.97 Å². The Labute approximate surface area is 107 Å². The van der Waals surface area contributed by atoms with Gasteiger partial charge in [-0.15, -0.1) is 0 Å². The average molecular weight is 248 g/mol. The molecule has 2 unspecified atom stereocenters. The predicted octanol–water partition coefficient (Wildman–Crippen LogP) is 1.28. The Morgan fingerprint density at radius 3 is 2.78 bits per heavy atom. The Hall–Kier alpha value is -1.39. The minimum atomic E-state index is -1.16. The number of benzene rings is 1. The molecular formula is C14H20N2O2. The third-order valence-electron chi connectivity index (χ3n) is 3.58. The summed E-state index contributed by atoms with van der Waals surface area (Å²) in [5.74, 6) is -0.443. The number of carboxylic acids is 1. The van der Waals surface area contributed by atoms with Crippen LogP contribution < -0.4 is 5.73 Å². The lowest BCUT2D eigenvalue weighted by Gasteiger charge is -2.26. The van der Waals surface area contributed by atoms with E-state index in [1.54, 1.807) is 6.92 Å². The fourth-order valence-electron chi connectivity index (χ4n) is 2.51. The lowest BCUT2D eigenvalue weighted by Crippen LogP contribution is -2.53. The molecule has 0 amide bonds. The van der Waals surface area contributed by atoms with Crippen molar-refractivity contribution in [3.63, 3.8) is 0 Å². The summed E-state index contributed by atoms with van der Waals surface area (Å²) in [6, 6.07) is 10.4. The minimum absolute atomic E-state index is 0.408. The number of rotatable bonds is 4. The molecule has 1 fully saturated rings. The molecule has 2 rings (SSSR count). The van der Waals surface area contributed by atoms with Gasteiger partial charge in [-0.3, -0.25) is 4.79 Å². The van der Waals surface area contributed by atoms with Crippen molar-refractivity contribution in [2.75, 3.05) is 19.6 Å². The van der Waals surface area contributed by atoms with E-state index < -0.39 is 11.5 Å². The fraction of sp³-hybridized carbons (Fsp3) is 0.500. The number of aliphatic carboxylic acids is 1. The van der Waals surface area contributed by atoms with E-state index in [0.29, 0.717) is 12.5 Å². The summed E-state index contributed by atoms with van der Waals surface area (Å²) in [4.78, 5) is 13.2. The molecule has 18 heavy (non-hydrogen) atoms. The molecule has 1 aliphatic rings. The topological polar surface area (TPSA) is 66.6 Å². The normalized spacial score (nSPS) is 23.8. The third kappa shape index (κ3) is 2.89. The monoisotopic (exact) mass is 248 g/mol. The van der Waals surface area contributed by atoms with Gasteiger partial charge in [0.25, 0.3) is 0 Å². The second-order valence-electron chi connectivity index (χ2n) is 5.35. The van der Waals surface area contributed by atoms with E-state index in [-0.39, 0.29) is 0 Å². The van der Waals surface area contributed by atoms with Crippen molar-refractivity contribution in [2.45, 2.75) is 24.8 Å². The molecule has 0 aliphatic carbocycles. The maximum Gasteiger partial charge on any atom is 0.324 e. The Bertz CT molecular complexity index is 417. The highest BCUT2D eigenvalue weighted by molar-refractivity contribution is 5.78. The van der Waals surface area contributed by atoms with Gasteiger partial charge in [0, 0.05) is 13.1 Å². The SMILES string of the molecule is CC(N)(CN1CCC(c2ccccc2)C1)C(=O)O. The van der Waals surface area contributed by atoms with E-state index in [1.807, 2.05) is 18.2 Å². The maximum absolute atomic E-state index is 11.0. The highest BCUT2D eigenvalue weighted by atomic mass is 16.4. The molecule has 0 bridgehead atoms. The molecule has 2 atom stereocenters. The van der Waals surface area contributed by atoms with Gasteiger partial charge in [0.05, 0.1) is 0 Å². The molecule has 1 heterocycles. The largest absolute Gasteiger partial charge is 0.480 e. The number of nitrogens with zero attached hydrogens (tertiary/aromatic N) is 1. The lowest BCUT2D eigenvalue weighted by atomic mass is 9.98. The van der Waals surface area contributed by atoms with Gasteiger partial charge in [0.15, 0.2) is 0 Å². The summed E-state index contributed by atoms with van der Waals surface area (Å²) in [5.41, 5.74) is 5.95. The van der Waals surface area contributed by atoms with Gasteiger partial charge in [-0.2, -0.15) is 0 Å². The van der Waals surface area contributed by atoms with Crippen LogP contribution in [0, 0.1) is 0 Å². The van der Waals surface area contributed by atoms with Crippen LogP contribution in [0.5, 0.6) is 0 Å². The van der Waals surface area contributed by atoms with E-state index in [9.17, 15) is 4.79 Å². The maximum atomic E-state index is 11.0. The van der Waals surface area contributed by atoms with Gasteiger partial charge in [0.2, 0.25) is 0 Å². The number of nitrogens with two attached hydrogens (primary N) is 1. The van der Waals surface area contributed by atoms with E-state index in [0.717, 1.165) is 19.5 Å². The average Bonchev–Trinajstić information content (AvgIpc) is 2.78. The van der Waals surface area contributed by atoms with Crippen LogP contribution >= 0.6 is 0 Å². The summed E-state index contributed by atoms with van der Waals surface area (Å²) in [6.45, 7) is 3.79. The molecule has 0 spiro atoms. The van der Waals surface area contributed by atoms with Gasteiger partial charge in [-0.1, -0.05) is 30.3 Å². The van der Waals surface area contributed by atoms with Crippen LogP contribution in [0.3, 0.4) is 0 Å². The van der Waals surface area contributed by atoms with Gasteiger partial charge >= 0.3 is 5.97 Å². The van der Waals surface area contributed by atoms with E-state index in [4.69, 9.17) is 10.8 Å². The molecule has 4 heteroatoms. The zero-order valence-electron chi connectivity index (χ0n) is 10.7. The van der Waals surface area contributed by atoms with Crippen molar-refractivity contribution in [2.24, 2.45) is 5.73 Å². The molecule has 0 radical (unpaired) electrons. The predicted molar refractivity (Wildman–Crippen MR) is 70.5 cm³/mol. The van der Waals surface area contributed by atoms with Crippen LogP contribution in [0.4, 0.5) is 0 Å². The van der Waals surface area contributed by atoms with E-state index >= 15 is 0 Å². The highest BCUT2D eigenvalue weighted by Crippen LogP contribution is 2.27. The van der Waals surface area contributed by atoms with E-state index in [2.05, 4.69) is 17.0 Å². The summed E-state index contributed by atoms with van der Waals surface area (Å²) in [6.07, 6.45) is 1.07. The van der Waals surface area contributed by atoms with Crippen molar-refractivity contribution < 1.29 is 9.90 Å². The molecule has 1 aromatic rings. The zero-order chi connectivity index (χ0) is 13.2. The van der Waals surface area contributed by atoms with Crippen molar-refractivity contribution in [3.05, 3.63) is 35.9 Å². The molecule has 0 aromatic heterocycles. The van der Waals surface area contributed by atoms with Crippen LogP contribution in [0.15, 0.2) is 30.3 Å². The van der Waals surface area contributed by atoms with Crippen LogP contribution in [0.2, 0.25) is 0 Å². The number of carboxylic acid groups (broad SMARTS) is 1. The van der Waals surface area contributed by atoms with Crippen LogP contribution in [0.1, 0.15) is 24.8 Å². The van der Waals surface area contributed by atoms with Crippen molar-refractivity contribution in [1.29, 1.82) is 0 Å². The molecule has 3 N–H and O–H groups in total. The first kappa shape index (κ1) is 13.1. The number of carbonyl (C=O) groups is 1. The molecule has 4 nitrogen and oxygen atoms in total. The fourth-order valence-corrected chi connectivity index (χ4v) is 2.51. The van der Waals surface area contributed by atoms with Gasteiger partial charge < -0.3 is 15.7 Å². The van der Waals surface area contributed by atoms with Crippen molar-refractivity contribution in [1.82, 2.24) is 4.90 Å². The second kappa shape index (κ2) is 5.08. The number of hydrogen-bond acceptors (Lipinski definition) is 3. The van der Waals surface area contributed by atoms with Crippen LogP contribution in [0.25, 0.3) is 0 Å². The van der Waals surface area contributed by atoms with Gasteiger partial charge in [-0.05, 0) is 31.4 Å². The second-order valence-corrected chi connectivity index (χ2v) is 5.35. The summed E-state index contributed by atoms with van der Waals surface area (Å²) >= 11 is 0. The number of hydrogen-bond donors (Lipinski definition) is 2. The van der Waals surface area contributed by atoms with Gasteiger partial charge in [0.1, 0.15) is 5.54 Å². The first-order chi connectivity index (χ1) is 8.49. The Kier molecular flexibility index (Phi) is 3.68. The Morgan fingerprint density at radius 2 is 2.17 bits per heavy atom. The molecule has 1 saturated heterocycles. The quantitative estimate of drug-likeness (QED) is 0.842. The number of likely N-dealkylation sites (tertiary alicyclic amines) is 1. The summed E-state index contributed by atoms with van der Waals surface area (Å²) in [5, 5.41) is 9.03. The summed E-state index contributed by atoms with van der Waals surface area (Å²) in [7, 11) is 0. The van der Waals surface area contributed by atoms with Crippen molar-refractivity contribution in [3.8, 4) is 0 Å². The van der Waals surface area contributed by atoms with Crippen LogP contribution in [-0.2, 0) is 4.79 Å². The molecule has 1 aliphatic heterocycles. The minimum Gasteiger partial charge on any atom is -0.480 e. The third-order valence-corrected chi connectivity index (χ3v) is 3.58. The first-order valence-electron chi connectivity index (χ1n) is 6.28. The van der Waals surface area contributed by atoms with Gasteiger partial charge in [-0.25, -0.2) is 0 Å². The zero-order valence-corrected chi connectivity index (χ0v) is 10.7. The van der Waals surface area contributed by atoms with Crippen LogP contribution in [-0.4, -0.2) is 41.1 Å². The Balaban J connectivity index is 1.95. The molecular weight excluding hydrogens is 228 g/mol. The highest BCUT2D eigenvalue weighted by Gasteiger charge is 2.33. The smallest absolute Gasteiger partial charge is 0.324 e. The molecule has 98 valence electrons. The standard InChI is InChI=1S/C14H20N2O2/c1-14(15,13(17)18)10-16-8-7-12(9-16)11-5-3-2-4-6-11/h2-6,12H,7-10,15H2,1H3,(H,17,18). The lowest BCUT2D eigenvalue weighted by molar-refractivity contribution is -0.143. The molecule has 1 aromatic carbocycles. The first-order valence-corrected chi connectivity index (χ1v) is 6.28. The summed E-state index contributed by atoms with van der Waals surface area (Å²) < 4.78 is 0. The Morgan fingerprint density at radius 1 is 1.50 bits per heavy atom. The molecule has 0 saturated carbocycles.